The second-order valence-electron chi connectivity index (χ2n) is 9.51. The minimum absolute atomic E-state index is 0.0939. The fraction of sp³-hybridized carbons (Fsp3) is 0.385. The van der Waals surface area contributed by atoms with Crippen LogP contribution >= 0.6 is 0 Å². The SMILES string of the molecule is CC1CCc2c(ccc(-c3cnn(C4CNC4)c3)c2Oc2ccc(F)c(F)c2)N1C(=O)C1CC1. The average Bonchev–Trinajstić information content (AvgIpc) is 3.54. The summed E-state index contributed by atoms with van der Waals surface area (Å²) in [6, 6.07) is 7.88. The van der Waals surface area contributed by atoms with Crippen LogP contribution in [0.25, 0.3) is 11.1 Å². The topological polar surface area (TPSA) is 59.4 Å². The van der Waals surface area contributed by atoms with E-state index in [0.717, 1.165) is 73.3 Å². The summed E-state index contributed by atoms with van der Waals surface area (Å²) in [5.41, 5.74) is 3.45. The van der Waals surface area contributed by atoms with Gasteiger partial charge in [-0.3, -0.25) is 9.48 Å². The molecule has 0 spiro atoms. The molecule has 1 saturated carbocycles. The second kappa shape index (κ2) is 8.20. The lowest BCUT2D eigenvalue weighted by molar-refractivity contribution is -0.120. The molecule has 3 heterocycles. The number of nitrogens with zero attached hydrogens (tertiary/aromatic N) is 3. The number of rotatable bonds is 5. The highest BCUT2D eigenvalue weighted by Crippen LogP contribution is 2.46. The normalized spacial score (nSPS) is 20.1. The van der Waals surface area contributed by atoms with E-state index in [1.807, 2.05) is 27.9 Å². The summed E-state index contributed by atoms with van der Waals surface area (Å²) < 4.78 is 35.7. The quantitative estimate of drug-likeness (QED) is 0.587. The zero-order valence-corrected chi connectivity index (χ0v) is 18.9. The molecule has 8 heteroatoms. The Morgan fingerprint density at radius 1 is 1.12 bits per heavy atom. The maximum absolute atomic E-state index is 14.0. The van der Waals surface area contributed by atoms with Crippen LogP contribution in [0.2, 0.25) is 0 Å². The molecule has 1 aromatic heterocycles. The Labute approximate surface area is 196 Å². The van der Waals surface area contributed by atoms with Crippen LogP contribution in [0, 0.1) is 17.6 Å². The van der Waals surface area contributed by atoms with E-state index in [2.05, 4.69) is 17.3 Å². The Balaban J connectivity index is 1.46. The van der Waals surface area contributed by atoms with Crippen molar-refractivity contribution in [2.75, 3.05) is 18.0 Å². The molecule has 1 atom stereocenters. The van der Waals surface area contributed by atoms with Crippen LogP contribution in [0.15, 0.2) is 42.7 Å². The van der Waals surface area contributed by atoms with Gasteiger partial charge in [-0.1, -0.05) is 0 Å². The van der Waals surface area contributed by atoms with Gasteiger partial charge < -0.3 is 15.0 Å². The molecule has 1 saturated heterocycles. The molecule has 1 N–H and O–H groups in total. The van der Waals surface area contributed by atoms with E-state index in [0.29, 0.717) is 11.8 Å². The number of halogens is 2. The van der Waals surface area contributed by atoms with Gasteiger partial charge in [-0.15, -0.1) is 0 Å². The monoisotopic (exact) mass is 464 g/mol. The van der Waals surface area contributed by atoms with Gasteiger partial charge >= 0.3 is 0 Å². The molecule has 34 heavy (non-hydrogen) atoms. The van der Waals surface area contributed by atoms with Gasteiger partial charge in [-0.2, -0.15) is 5.10 Å². The van der Waals surface area contributed by atoms with Gasteiger partial charge in [-0.05, 0) is 56.9 Å². The van der Waals surface area contributed by atoms with Crippen molar-refractivity contribution in [3.05, 3.63) is 59.9 Å². The number of benzene rings is 2. The van der Waals surface area contributed by atoms with Crippen LogP contribution in [0.1, 0.15) is 37.8 Å². The van der Waals surface area contributed by atoms with Crippen molar-refractivity contribution >= 4 is 11.6 Å². The Bertz CT molecular complexity index is 1270. The van der Waals surface area contributed by atoms with E-state index in [1.54, 1.807) is 6.20 Å². The molecule has 6 rings (SSSR count). The highest BCUT2D eigenvalue weighted by molar-refractivity contribution is 5.99. The minimum atomic E-state index is -0.965. The Morgan fingerprint density at radius 2 is 1.94 bits per heavy atom. The maximum atomic E-state index is 14.0. The van der Waals surface area contributed by atoms with E-state index in [-0.39, 0.29) is 23.6 Å². The highest BCUT2D eigenvalue weighted by Gasteiger charge is 2.39. The van der Waals surface area contributed by atoms with Crippen LogP contribution in [0.5, 0.6) is 11.5 Å². The van der Waals surface area contributed by atoms with E-state index in [9.17, 15) is 13.6 Å². The van der Waals surface area contributed by atoms with Crippen molar-refractivity contribution in [2.24, 2.45) is 5.92 Å². The molecule has 1 unspecified atom stereocenters. The molecule has 0 radical (unpaired) electrons. The predicted octanol–water partition coefficient (Wildman–Crippen LogP) is 4.84. The van der Waals surface area contributed by atoms with Crippen molar-refractivity contribution in [1.29, 1.82) is 0 Å². The molecule has 2 fully saturated rings. The van der Waals surface area contributed by atoms with Gasteiger partial charge in [0.05, 0.1) is 17.9 Å². The number of hydrogen-bond acceptors (Lipinski definition) is 4. The van der Waals surface area contributed by atoms with Crippen LogP contribution < -0.4 is 15.0 Å². The molecular weight excluding hydrogens is 438 g/mol. The summed E-state index contributed by atoms with van der Waals surface area (Å²) in [7, 11) is 0. The third kappa shape index (κ3) is 3.66. The van der Waals surface area contributed by atoms with Gasteiger partial charge in [-0.25, -0.2) is 8.78 Å². The van der Waals surface area contributed by atoms with Crippen molar-refractivity contribution in [3.63, 3.8) is 0 Å². The Morgan fingerprint density at radius 3 is 2.65 bits per heavy atom. The number of fused-ring (bicyclic) bond motifs is 1. The zero-order chi connectivity index (χ0) is 23.4. The minimum Gasteiger partial charge on any atom is -0.456 e. The predicted molar refractivity (Wildman–Crippen MR) is 124 cm³/mol. The van der Waals surface area contributed by atoms with Gasteiger partial charge in [0.1, 0.15) is 11.5 Å². The summed E-state index contributed by atoms with van der Waals surface area (Å²) >= 11 is 0. The number of carbonyl (C=O) groups is 1. The molecule has 3 aromatic rings. The van der Waals surface area contributed by atoms with E-state index in [1.165, 1.54) is 6.07 Å². The van der Waals surface area contributed by atoms with Crippen LogP contribution in [0.3, 0.4) is 0 Å². The van der Waals surface area contributed by atoms with Crippen molar-refractivity contribution < 1.29 is 18.3 Å². The lowest BCUT2D eigenvalue weighted by Crippen LogP contribution is -2.43. The zero-order valence-electron chi connectivity index (χ0n) is 18.9. The number of amides is 1. The lowest BCUT2D eigenvalue weighted by atomic mass is 9.92. The summed E-state index contributed by atoms with van der Waals surface area (Å²) in [6.45, 7) is 3.82. The Kier molecular flexibility index (Phi) is 5.13. The number of carbonyl (C=O) groups excluding carboxylic acids is 1. The molecule has 6 nitrogen and oxygen atoms in total. The maximum Gasteiger partial charge on any atom is 0.230 e. The largest absolute Gasteiger partial charge is 0.456 e. The van der Waals surface area contributed by atoms with Crippen molar-refractivity contribution in [3.8, 4) is 22.6 Å². The summed E-state index contributed by atoms with van der Waals surface area (Å²) in [6.07, 6.45) is 7.18. The van der Waals surface area contributed by atoms with Gasteiger partial charge in [0.2, 0.25) is 5.91 Å². The van der Waals surface area contributed by atoms with Gasteiger partial charge in [0, 0.05) is 54.0 Å². The van der Waals surface area contributed by atoms with Crippen LogP contribution in [0.4, 0.5) is 14.5 Å². The van der Waals surface area contributed by atoms with Crippen molar-refractivity contribution in [2.45, 2.75) is 44.7 Å². The van der Waals surface area contributed by atoms with Crippen LogP contribution in [-0.4, -0.2) is 34.8 Å². The summed E-state index contributed by atoms with van der Waals surface area (Å²) in [5, 5.41) is 7.78. The fourth-order valence-corrected chi connectivity index (χ4v) is 4.81. The number of anilines is 1. The summed E-state index contributed by atoms with van der Waals surface area (Å²) in [5.74, 6) is -0.859. The molecule has 2 aliphatic heterocycles. The first-order chi connectivity index (χ1) is 16.5. The first-order valence-electron chi connectivity index (χ1n) is 11.9. The molecule has 2 aromatic carbocycles. The first-order valence-corrected chi connectivity index (χ1v) is 11.9. The molecular formula is C26H26F2N4O2. The molecule has 1 aliphatic carbocycles. The molecule has 1 amide bonds. The van der Waals surface area contributed by atoms with Gasteiger partial charge in [0.25, 0.3) is 0 Å². The standard InChI is InChI=1S/C26H26F2N4O2/c1-15-2-6-21-24(32(15)26(33)16-3-4-16)9-7-20(17-11-30-31(14-17)18-12-29-13-18)25(21)34-19-5-8-22(27)23(28)10-19/h5,7-11,14-16,18,29H,2-4,6,12-13H2,1H3. The smallest absolute Gasteiger partial charge is 0.230 e. The molecule has 176 valence electrons. The van der Waals surface area contributed by atoms with Crippen LogP contribution in [-0.2, 0) is 11.2 Å². The van der Waals surface area contributed by atoms with Gasteiger partial charge in [0.15, 0.2) is 11.6 Å². The summed E-state index contributed by atoms with van der Waals surface area (Å²) in [4.78, 5) is 15.0. The van der Waals surface area contributed by atoms with E-state index in [4.69, 9.17) is 4.74 Å². The number of aromatic nitrogens is 2. The van der Waals surface area contributed by atoms with E-state index < -0.39 is 11.6 Å². The third-order valence-corrected chi connectivity index (χ3v) is 7.07. The van der Waals surface area contributed by atoms with E-state index >= 15 is 0 Å². The second-order valence-corrected chi connectivity index (χ2v) is 9.51. The lowest BCUT2D eigenvalue weighted by Gasteiger charge is -2.36. The number of nitrogens with one attached hydrogen (secondary N) is 1. The number of ether oxygens (including phenoxy) is 1. The highest BCUT2D eigenvalue weighted by atomic mass is 19.2. The first kappa shape index (κ1) is 21.3. The Hall–Kier alpha value is -3.26. The fourth-order valence-electron chi connectivity index (χ4n) is 4.81. The third-order valence-electron chi connectivity index (χ3n) is 7.07. The molecule has 0 bridgehead atoms. The van der Waals surface area contributed by atoms with Crippen molar-refractivity contribution in [1.82, 2.24) is 15.1 Å². The average molecular weight is 465 g/mol. The molecule has 3 aliphatic rings. The number of hydrogen-bond donors (Lipinski definition) is 1.